The number of ether oxygens (including phenoxy) is 1. The molecule has 0 saturated heterocycles. The van der Waals surface area contributed by atoms with Crippen molar-refractivity contribution in [2.24, 2.45) is 0 Å². The number of nitrogens with one attached hydrogen (secondary N) is 1. The van der Waals surface area contributed by atoms with Crippen LogP contribution in [0.4, 0.5) is 11.6 Å². The summed E-state index contributed by atoms with van der Waals surface area (Å²) in [4.78, 5) is 46.2. The number of nitrogens with zero attached hydrogens (tertiary/aromatic N) is 5. The van der Waals surface area contributed by atoms with Gasteiger partial charge in [0.15, 0.2) is 5.78 Å². The molecule has 2 aromatic heterocycles. The van der Waals surface area contributed by atoms with Crippen LogP contribution in [0.2, 0.25) is 5.02 Å². The molecule has 0 aliphatic heterocycles. The van der Waals surface area contributed by atoms with Gasteiger partial charge in [0, 0.05) is 35.3 Å². The van der Waals surface area contributed by atoms with E-state index < -0.39 is 17.9 Å². The summed E-state index contributed by atoms with van der Waals surface area (Å²) in [7, 11) is 0. The van der Waals surface area contributed by atoms with Gasteiger partial charge >= 0.3 is 11.4 Å². The quantitative estimate of drug-likeness (QED) is 0.300. The van der Waals surface area contributed by atoms with Crippen LogP contribution in [0.1, 0.15) is 18.4 Å². The zero-order valence-corrected chi connectivity index (χ0v) is 20.4. The SMILES string of the molecule is O=C(CCCO)Cn1c(=O)nc(Nc2ccc(Oc3ncns3)cc2)n(Cc2ccc(Cl)cc2)c1=O. The smallest absolute Gasteiger partial charge is 0.355 e. The van der Waals surface area contributed by atoms with Crippen molar-refractivity contribution in [3.8, 4) is 10.9 Å². The average Bonchev–Trinajstić information content (AvgIpc) is 3.38. The predicted molar refractivity (Wildman–Crippen MR) is 134 cm³/mol. The van der Waals surface area contributed by atoms with Crippen molar-refractivity contribution < 1.29 is 14.6 Å². The zero-order valence-electron chi connectivity index (χ0n) is 18.8. The molecule has 0 saturated carbocycles. The molecule has 36 heavy (non-hydrogen) atoms. The number of ketones is 1. The number of hydrogen-bond donors (Lipinski definition) is 2. The minimum Gasteiger partial charge on any atom is -0.430 e. The minimum absolute atomic E-state index is 0.0109. The van der Waals surface area contributed by atoms with Gasteiger partial charge in [-0.05, 0) is 48.4 Å². The van der Waals surface area contributed by atoms with Crippen LogP contribution in [0.3, 0.4) is 0 Å². The maximum Gasteiger partial charge on any atom is 0.355 e. The van der Waals surface area contributed by atoms with Gasteiger partial charge in [0.2, 0.25) is 5.95 Å². The first-order valence-corrected chi connectivity index (χ1v) is 12.0. The summed E-state index contributed by atoms with van der Waals surface area (Å²) < 4.78 is 11.5. The molecule has 11 nitrogen and oxygen atoms in total. The predicted octanol–water partition coefficient (Wildman–Crippen LogP) is 2.84. The first kappa shape index (κ1) is 25.2. The highest BCUT2D eigenvalue weighted by Crippen LogP contribution is 2.24. The molecule has 0 amide bonds. The van der Waals surface area contributed by atoms with Crippen LogP contribution in [-0.4, -0.2) is 41.0 Å². The third-order valence-corrected chi connectivity index (χ3v) is 5.81. The fourth-order valence-electron chi connectivity index (χ4n) is 3.25. The van der Waals surface area contributed by atoms with Crippen LogP contribution in [0, 0.1) is 0 Å². The fraction of sp³-hybridized carbons (Fsp3) is 0.217. The summed E-state index contributed by atoms with van der Waals surface area (Å²) in [6.07, 6.45) is 1.69. The second-order valence-electron chi connectivity index (χ2n) is 7.62. The summed E-state index contributed by atoms with van der Waals surface area (Å²) in [5, 5.41) is 12.9. The molecule has 4 aromatic rings. The first-order chi connectivity index (χ1) is 17.4. The van der Waals surface area contributed by atoms with Gasteiger partial charge in [-0.2, -0.15) is 14.3 Å². The molecule has 0 aliphatic rings. The van der Waals surface area contributed by atoms with Gasteiger partial charge in [0.1, 0.15) is 12.1 Å². The number of halogens is 1. The molecule has 0 bridgehead atoms. The molecular weight excluding hydrogens is 508 g/mol. The lowest BCUT2D eigenvalue weighted by Gasteiger charge is -2.16. The van der Waals surface area contributed by atoms with Crippen LogP contribution in [-0.2, 0) is 17.9 Å². The Morgan fingerprint density at radius 1 is 1.08 bits per heavy atom. The van der Waals surface area contributed by atoms with Crippen LogP contribution >= 0.6 is 23.1 Å². The monoisotopic (exact) mass is 528 g/mol. The third-order valence-electron chi connectivity index (χ3n) is 5.01. The number of rotatable bonds is 11. The van der Waals surface area contributed by atoms with E-state index in [9.17, 15) is 14.4 Å². The van der Waals surface area contributed by atoms with Crippen molar-refractivity contribution in [1.82, 2.24) is 23.5 Å². The molecular formula is C23H21ClN6O5S. The largest absolute Gasteiger partial charge is 0.430 e. The maximum absolute atomic E-state index is 13.3. The zero-order chi connectivity index (χ0) is 25.5. The molecule has 13 heteroatoms. The van der Waals surface area contributed by atoms with Crippen LogP contribution in [0.5, 0.6) is 10.9 Å². The number of carbonyl (C=O) groups is 1. The number of aliphatic hydroxyl groups is 1. The lowest BCUT2D eigenvalue weighted by atomic mass is 10.2. The first-order valence-electron chi connectivity index (χ1n) is 10.8. The van der Waals surface area contributed by atoms with Gasteiger partial charge in [-0.15, -0.1) is 0 Å². The number of aliphatic hydroxyl groups excluding tert-OH is 1. The summed E-state index contributed by atoms with van der Waals surface area (Å²) in [6, 6.07) is 13.6. The molecule has 2 N–H and O–H groups in total. The van der Waals surface area contributed by atoms with E-state index in [2.05, 4.69) is 19.7 Å². The summed E-state index contributed by atoms with van der Waals surface area (Å²) in [5.41, 5.74) is -0.263. The molecule has 2 aromatic carbocycles. The Labute approximate surface area is 213 Å². The summed E-state index contributed by atoms with van der Waals surface area (Å²) in [6.45, 7) is -0.509. The highest BCUT2D eigenvalue weighted by molar-refractivity contribution is 7.07. The molecule has 0 fully saturated rings. The summed E-state index contributed by atoms with van der Waals surface area (Å²) >= 11 is 7.09. The Morgan fingerprint density at radius 3 is 2.50 bits per heavy atom. The fourth-order valence-corrected chi connectivity index (χ4v) is 3.79. The van der Waals surface area contributed by atoms with Crippen LogP contribution < -0.4 is 21.4 Å². The van der Waals surface area contributed by atoms with E-state index in [0.717, 1.165) is 21.7 Å². The standard InChI is InChI=1S/C23H21ClN6O5S/c24-16-5-3-15(4-6-16)12-29-20(28-21(33)30(23(29)34)13-18(32)2-1-11-31)27-17-7-9-19(10-8-17)35-22-25-14-26-36-22/h3-10,14,31H,1-2,11-13H2,(H,27,28,33). The van der Waals surface area contributed by atoms with Crippen molar-refractivity contribution in [2.75, 3.05) is 11.9 Å². The number of Topliss-reactive ketones (excluding diaryl/α,β-unsaturated/α-hetero) is 1. The highest BCUT2D eigenvalue weighted by Gasteiger charge is 2.16. The average molecular weight is 529 g/mol. The molecule has 0 aliphatic carbocycles. The van der Waals surface area contributed by atoms with Gasteiger partial charge in [0.05, 0.1) is 13.1 Å². The van der Waals surface area contributed by atoms with E-state index in [-0.39, 0.29) is 37.7 Å². The number of benzene rings is 2. The van der Waals surface area contributed by atoms with E-state index in [1.54, 1.807) is 48.5 Å². The van der Waals surface area contributed by atoms with E-state index in [1.165, 1.54) is 10.9 Å². The Kier molecular flexibility index (Phi) is 8.21. The molecule has 0 radical (unpaired) electrons. The van der Waals surface area contributed by atoms with Crippen molar-refractivity contribution in [3.05, 3.63) is 86.4 Å². The number of aromatic nitrogens is 5. The topological polar surface area (TPSA) is 141 Å². The van der Waals surface area contributed by atoms with Crippen molar-refractivity contribution >= 4 is 40.6 Å². The van der Waals surface area contributed by atoms with Gasteiger partial charge in [0.25, 0.3) is 5.19 Å². The summed E-state index contributed by atoms with van der Waals surface area (Å²) in [5.74, 6) is 0.187. The molecule has 0 unspecified atom stereocenters. The lowest BCUT2D eigenvalue weighted by molar-refractivity contribution is -0.120. The second-order valence-corrected chi connectivity index (χ2v) is 8.80. The highest BCUT2D eigenvalue weighted by atomic mass is 35.5. The van der Waals surface area contributed by atoms with Crippen LogP contribution in [0.15, 0.2) is 64.4 Å². The van der Waals surface area contributed by atoms with Gasteiger partial charge in [-0.25, -0.2) is 14.2 Å². The Hall–Kier alpha value is -3.87. The van der Waals surface area contributed by atoms with E-state index >= 15 is 0 Å². The maximum atomic E-state index is 13.3. The van der Waals surface area contributed by atoms with Crippen molar-refractivity contribution in [2.45, 2.75) is 25.9 Å². The van der Waals surface area contributed by atoms with E-state index in [4.69, 9.17) is 21.4 Å². The number of anilines is 2. The molecule has 0 atom stereocenters. The van der Waals surface area contributed by atoms with Crippen molar-refractivity contribution in [3.63, 3.8) is 0 Å². The Balaban J connectivity index is 1.64. The number of hydrogen-bond acceptors (Lipinski definition) is 10. The van der Waals surface area contributed by atoms with Gasteiger partial charge in [-0.1, -0.05) is 23.7 Å². The molecule has 186 valence electrons. The number of carbonyl (C=O) groups excluding carboxylic acids is 1. The van der Waals surface area contributed by atoms with Gasteiger partial charge < -0.3 is 15.2 Å². The van der Waals surface area contributed by atoms with E-state index in [0.29, 0.717) is 21.7 Å². The lowest BCUT2D eigenvalue weighted by Crippen LogP contribution is -2.44. The van der Waals surface area contributed by atoms with Crippen LogP contribution in [0.25, 0.3) is 0 Å². The Morgan fingerprint density at radius 2 is 1.83 bits per heavy atom. The minimum atomic E-state index is -0.858. The van der Waals surface area contributed by atoms with Crippen molar-refractivity contribution in [1.29, 1.82) is 0 Å². The van der Waals surface area contributed by atoms with E-state index in [1.807, 2.05) is 0 Å². The molecule has 2 heterocycles. The molecule has 4 rings (SSSR count). The third kappa shape index (κ3) is 6.42. The molecule has 0 spiro atoms. The van der Waals surface area contributed by atoms with Gasteiger partial charge in [-0.3, -0.25) is 9.36 Å². The second kappa shape index (κ2) is 11.7. The Bertz CT molecular complexity index is 1440. The normalized spacial score (nSPS) is 10.8.